The molecular formula is C22H24N4O4. The van der Waals surface area contributed by atoms with E-state index in [-0.39, 0.29) is 18.4 Å². The summed E-state index contributed by atoms with van der Waals surface area (Å²) in [7, 11) is 0. The maximum Gasteiger partial charge on any atom is 0.229 e. The van der Waals surface area contributed by atoms with E-state index in [1.54, 1.807) is 4.68 Å². The van der Waals surface area contributed by atoms with Gasteiger partial charge in [0.2, 0.25) is 11.9 Å². The number of para-hydroxylation sites is 1. The third-order valence-electron chi connectivity index (χ3n) is 4.84. The summed E-state index contributed by atoms with van der Waals surface area (Å²) < 4.78 is 19.2. The number of carbonyl (C=O) groups excluding carboxylic acids is 1. The fraction of sp³-hybridized carbons (Fsp3) is 0.318. The fourth-order valence-corrected chi connectivity index (χ4v) is 3.41. The number of fused-ring (bicyclic) bond motifs is 1. The molecule has 1 amide bonds. The summed E-state index contributed by atoms with van der Waals surface area (Å²) >= 11 is 0. The maximum atomic E-state index is 12.0. The number of rotatable bonds is 8. The number of amides is 1. The van der Waals surface area contributed by atoms with Crippen molar-refractivity contribution in [2.45, 2.75) is 26.3 Å². The predicted octanol–water partition coefficient (Wildman–Crippen LogP) is 3.37. The van der Waals surface area contributed by atoms with Crippen molar-refractivity contribution < 1.29 is 19.0 Å². The van der Waals surface area contributed by atoms with Crippen LogP contribution in [0.15, 0.2) is 48.8 Å². The molecule has 2 heterocycles. The Morgan fingerprint density at radius 3 is 2.67 bits per heavy atom. The lowest BCUT2D eigenvalue weighted by atomic mass is 10.0. The molecule has 2 aromatic carbocycles. The van der Waals surface area contributed by atoms with Gasteiger partial charge in [-0.25, -0.2) is 4.68 Å². The quantitative estimate of drug-likeness (QED) is 0.575. The first-order valence-corrected chi connectivity index (χ1v) is 9.93. The van der Waals surface area contributed by atoms with Crippen LogP contribution in [0.1, 0.15) is 30.5 Å². The van der Waals surface area contributed by atoms with Crippen molar-refractivity contribution in [1.82, 2.24) is 14.8 Å². The molecule has 0 saturated heterocycles. The van der Waals surface area contributed by atoms with Crippen LogP contribution in [0.4, 0.5) is 5.95 Å². The molecule has 156 valence electrons. The Bertz CT molecular complexity index is 1030. The Morgan fingerprint density at radius 1 is 1.07 bits per heavy atom. The number of hydrogen-bond donors (Lipinski definition) is 1. The number of carbonyl (C=O) groups is 1. The fourth-order valence-electron chi connectivity index (χ4n) is 3.41. The Labute approximate surface area is 174 Å². The van der Waals surface area contributed by atoms with Crippen LogP contribution in [0.5, 0.6) is 17.2 Å². The normalized spacial score (nSPS) is 15.3. The second-order valence-electron chi connectivity index (χ2n) is 6.90. The number of aromatic nitrogens is 3. The number of benzene rings is 2. The molecule has 1 aliphatic rings. The molecule has 0 radical (unpaired) electrons. The summed E-state index contributed by atoms with van der Waals surface area (Å²) in [5.74, 6) is 2.46. The van der Waals surface area contributed by atoms with Gasteiger partial charge in [0.05, 0.1) is 19.1 Å². The first kappa shape index (κ1) is 19.8. The Kier molecular flexibility index (Phi) is 5.83. The van der Waals surface area contributed by atoms with Crippen LogP contribution in [0.25, 0.3) is 0 Å². The SMILES string of the molecule is CCOc1cc([C@H]2CC(=O)Nc3ncnn32)ccc1OCCOc1ccccc1C. The zero-order valence-electron chi connectivity index (χ0n) is 17.0. The lowest BCUT2D eigenvalue weighted by Crippen LogP contribution is -2.29. The van der Waals surface area contributed by atoms with Gasteiger partial charge in [-0.1, -0.05) is 24.3 Å². The number of ether oxygens (including phenoxy) is 3. The molecular weight excluding hydrogens is 384 g/mol. The molecule has 0 aliphatic carbocycles. The largest absolute Gasteiger partial charge is 0.490 e. The average Bonchev–Trinajstić information content (AvgIpc) is 3.21. The van der Waals surface area contributed by atoms with Gasteiger partial charge in [0, 0.05) is 0 Å². The first-order chi connectivity index (χ1) is 14.7. The average molecular weight is 408 g/mol. The van der Waals surface area contributed by atoms with Crippen LogP contribution in [-0.4, -0.2) is 40.5 Å². The highest BCUT2D eigenvalue weighted by Gasteiger charge is 2.28. The lowest BCUT2D eigenvalue weighted by Gasteiger charge is -2.24. The molecule has 8 heteroatoms. The van der Waals surface area contributed by atoms with Gasteiger partial charge in [0.25, 0.3) is 0 Å². The minimum Gasteiger partial charge on any atom is -0.490 e. The number of anilines is 1. The van der Waals surface area contributed by atoms with Crippen LogP contribution < -0.4 is 19.5 Å². The highest BCUT2D eigenvalue weighted by molar-refractivity contribution is 5.91. The van der Waals surface area contributed by atoms with Gasteiger partial charge in [0.15, 0.2) is 11.5 Å². The van der Waals surface area contributed by atoms with Crippen LogP contribution >= 0.6 is 0 Å². The Morgan fingerprint density at radius 2 is 1.87 bits per heavy atom. The summed E-state index contributed by atoms with van der Waals surface area (Å²) in [6, 6.07) is 13.3. The lowest BCUT2D eigenvalue weighted by molar-refractivity contribution is -0.117. The third kappa shape index (κ3) is 4.22. The van der Waals surface area contributed by atoms with Gasteiger partial charge >= 0.3 is 0 Å². The van der Waals surface area contributed by atoms with Crippen molar-refractivity contribution in [2.24, 2.45) is 0 Å². The van der Waals surface area contributed by atoms with Crippen molar-refractivity contribution in [3.63, 3.8) is 0 Å². The smallest absolute Gasteiger partial charge is 0.229 e. The molecule has 4 rings (SSSR count). The zero-order chi connectivity index (χ0) is 20.9. The number of nitrogens with zero attached hydrogens (tertiary/aromatic N) is 3. The van der Waals surface area contributed by atoms with Gasteiger partial charge < -0.3 is 14.2 Å². The van der Waals surface area contributed by atoms with Gasteiger partial charge in [-0.05, 0) is 43.2 Å². The molecule has 0 spiro atoms. The summed E-state index contributed by atoms with van der Waals surface area (Å²) in [5.41, 5.74) is 1.99. The number of aryl methyl sites for hydroxylation is 1. The summed E-state index contributed by atoms with van der Waals surface area (Å²) in [4.78, 5) is 16.1. The van der Waals surface area contributed by atoms with E-state index in [1.807, 2.05) is 56.3 Å². The highest BCUT2D eigenvalue weighted by Crippen LogP contribution is 2.35. The van der Waals surface area contributed by atoms with Crippen LogP contribution in [0.2, 0.25) is 0 Å². The molecule has 30 heavy (non-hydrogen) atoms. The molecule has 0 bridgehead atoms. The molecule has 1 aliphatic heterocycles. The van der Waals surface area contributed by atoms with E-state index in [2.05, 4.69) is 15.4 Å². The first-order valence-electron chi connectivity index (χ1n) is 9.93. The van der Waals surface area contributed by atoms with Gasteiger partial charge in [0.1, 0.15) is 25.3 Å². The standard InChI is InChI=1S/C22H24N4O4/c1-3-28-20-12-16(17-13-21(27)25-22-23-14-24-26(17)22)8-9-19(20)30-11-10-29-18-7-5-4-6-15(18)2/h4-9,12,14,17H,3,10-11,13H2,1-2H3,(H,23,24,25,27)/t17-/m1/s1. The van der Waals surface area contributed by atoms with Crippen molar-refractivity contribution >= 4 is 11.9 Å². The van der Waals surface area contributed by atoms with Gasteiger partial charge in [-0.2, -0.15) is 10.1 Å². The van der Waals surface area contributed by atoms with Crippen LogP contribution in [0.3, 0.4) is 0 Å². The van der Waals surface area contributed by atoms with Crippen molar-refractivity contribution in [2.75, 3.05) is 25.1 Å². The van der Waals surface area contributed by atoms with Crippen molar-refractivity contribution in [3.05, 3.63) is 59.9 Å². The topological polar surface area (TPSA) is 87.5 Å². The minimum atomic E-state index is -0.242. The molecule has 1 aromatic heterocycles. The molecule has 1 atom stereocenters. The molecule has 0 unspecified atom stereocenters. The maximum absolute atomic E-state index is 12.0. The summed E-state index contributed by atoms with van der Waals surface area (Å²) in [5, 5.41) is 6.97. The number of nitrogens with one attached hydrogen (secondary N) is 1. The zero-order valence-corrected chi connectivity index (χ0v) is 17.0. The molecule has 3 aromatic rings. The molecule has 1 N–H and O–H groups in total. The Balaban J connectivity index is 1.46. The van der Waals surface area contributed by atoms with E-state index in [1.165, 1.54) is 6.33 Å². The highest BCUT2D eigenvalue weighted by atomic mass is 16.5. The molecule has 0 fully saturated rings. The van der Waals surface area contributed by atoms with E-state index in [0.717, 1.165) is 16.9 Å². The van der Waals surface area contributed by atoms with Gasteiger partial charge in [-0.3, -0.25) is 10.1 Å². The number of hydrogen-bond acceptors (Lipinski definition) is 6. The monoisotopic (exact) mass is 408 g/mol. The predicted molar refractivity (Wildman–Crippen MR) is 111 cm³/mol. The summed E-state index contributed by atoms with van der Waals surface area (Å²) in [6.07, 6.45) is 1.72. The van der Waals surface area contributed by atoms with E-state index in [0.29, 0.717) is 37.3 Å². The van der Waals surface area contributed by atoms with Crippen molar-refractivity contribution in [1.29, 1.82) is 0 Å². The van der Waals surface area contributed by atoms with E-state index < -0.39 is 0 Å². The van der Waals surface area contributed by atoms with E-state index in [4.69, 9.17) is 14.2 Å². The van der Waals surface area contributed by atoms with E-state index in [9.17, 15) is 4.79 Å². The van der Waals surface area contributed by atoms with Crippen LogP contribution in [0, 0.1) is 6.92 Å². The minimum absolute atomic E-state index is 0.0906. The van der Waals surface area contributed by atoms with E-state index >= 15 is 0 Å². The Hall–Kier alpha value is -3.55. The third-order valence-corrected chi connectivity index (χ3v) is 4.84. The molecule has 8 nitrogen and oxygen atoms in total. The molecule has 0 saturated carbocycles. The second-order valence-corrected chi connectivity index (χ2v) is 6.90. The van der Waals surface area contributed by atoms with Gasteiger partial charge in [-0.15, -0.1) is 0 Å². The second kappa shape index (κ2) is 8.86. The van der Waals surface area contributed by atoms with Crippen molar-refractivity contribution in [3.8, 4) is 17.2 Å². The summed E-state index contributed by atoms with van der Waals surface area (Å²) in [6.45, 7) is 5.23. The van der Waals surface area contributed by atoms with Crippen LogP contribution in [-0.2, 0) is 4.79 Å².